The van der Waals surface area contributed by atoms with Crippen LogP contribution in [-0.2, 0) is 27.9 Å². The van der Waals surface area contributed by atoms with Gasteiger partial charge >= 0.3 is 12.1 Å². The van der Waals surface area contributed by atoms with Gasteiger partial charge in [-0.2, -0.15) is 13.2 Å². The SMILES string of the molecule is CCOC(=O)c1ccc2c(c1)nc(SCc1cccc(C(F)(F)F)c1)n2CCCOC(C)C. The van der Waals surface area contributed by atoms with Gasteiger partial charge in [-0.15, -0.1) is 0 Å². The summed E-state index contributed by atoms with van der Waals surface area (Å²) in [6.45, 7) is 7.18. The van der Waals surface area contributed by atoms with E-state index in [1.54, 1.807) is 25.1 Å². The van der Waals surface area contributed by atoms with Crippen LogP contribution in [0.5, 0.6) is 0 Å². The summed E-state index contributed by atoms with van der Waals surface area (Å²) in [6, 6.07) is 10.5. The molecule has 3 rings (SSSR count). The Kier molecular flexibility index (Phi) is 8.42. The molecular weight excluding hydrogens is 453 g/mol. The third-order valence-corrected chi connectivity index (χ3v) is 5.87. The molecule has 33 heavy (non-hydrogen) atoms. The molecule has 0 aliphatic rings. The number of halogens is 3. The number of benzene rings is 2. The molecule has 0 N–H and O–H groups in total. The fourth-order valence-corrected chi connectivity index (χ4v) is 4.29. The first-order valence-corrected chi connectivity index (χ1v) is 11.8. The van der Waals surface area contributed by atoms with E-state index in [-0.39, 0.29) is 12.7 Å². The van der Waals surface area contributed by atoms with Gasteiger partial charge in [0.2, 0.25) is 0 Å². The normalized spacial score (nSPS) is 12.0. The molecule has 5 nitrogen and oxygen atoms in total. The quantitative estimate of drug-likeness (QED) is 0.193. The van der Waals surface area contributed by atoms with Crippen LogP contribution in [0.1, 0.15) is 48.7 Å². The molecule has 0 bridgehead atoms. The predicted molar refractivity (Wildman–Crippen MR) is 122 cm³/mol. The number of nitrogens with zero attached hydrogens (tertiary/aromatic N) is 2. The second-order valence-electron chi connectivity index (χ2n) is 7.73. The van der Waals surface area contributed by atoms with E-state index in [9.17, 15) is 18.0 Å². The molecule has 1 aromatic heterocycles. The maximum absolute atomic E-state index is 13.0. The smallest absolute Gasteiger partial charge is 0.416 e. The van der Waals surface area contributed by atoms with Crippen LogP contribution >= 0.6 is 11.8 Å². The molecule has 0 atom stereocenters. The maximum atomic E-state index is 13.0. The molecule has 0 saturated heterocycles. The highest BCUT2D eigenvalue weighted by molar-refractivity contribution is 7.98. The molecule has 0 spiro atoms. The number of hydrogen-bond donors (Lipinski definition) is 0. The molecule has 3 aromatic rings. The second kappa shape index (κ2) is 11.1. The van der Waals surface area contributed by atoms with Gasteiger partial charge in [-0.3, -0.25) is 0 Å². The Labute approximate surface area is 195 Å². The molecule has 2 aromatic carbocycles. The maximum Gasteiger partial charge on any atom is 0.416 e. The average Bonchev–Trinajstić information content (AvgIpc) is 3.11. The van der Waals surface area contributed by atoms with E-state index in [0.29, 0.717) is 40.7 Å². The fourth-order valence-electron chi connectivity index (χ4n) is 3.30. The van der Waals surface area contributed by atoms with Crippen molar-refractivity contribution in [1.29, 1.82) is 0 Å². The lowest BCUT2D eigenvalue weighted by Gasteiger charge is -2.12. The van der Waals surface area contributed by atoms with Gasteiger partial charge in [0.15, 0.2) is 5.16 Å². The number of imidazole rings is 1. The third kappa shape index (κ3) is 6.74. The van der Waals surface area contributed by atoms with E-state index in [1.165, 1.54) is 17.8 Å². The number of esters is 1. The van der Waals surface area contributed by atoms with Gasteiger partial charge in [0.1, 0.15) is 0 Å². The van der Waals surface area contributed by atoms with Crippen molar-refractivity contribution in [2.24, 2.45) is 0 Å². The number of alkyl halides is 3. The minimum Gasteiger partial charge on any atom is -0.462 e. The molecular formula is C24H27F3N2O3S. The summed E-state index contributed by atoms with van der Waals surface area (Å²) in [6.07, 6.45) is -3.50. The van der Waals surface area contributed by atoms with Gasteiger partial charge in [-0.1, -0.05) is 30.0 Å². The van der Waals surface area contributed by atoms with Crippen molar-refractivity contribution in [3.63, 3.8) is 0 Å². The van der Waals surface area contributed by atoms with Crippen LogP contribution < -0.4 is 0 Å². The predicted octanol–water partition coefficient (Wildman–Crippen LogP) is 6.34. The van der Waals surface area contributed by atoms with Crippen LogP contribution in [-0.4, -0.2) is 34.8 Å². The Morgan fingerprint density at radius 2 is 1.97 bits per heavy atom. The molecule has 9 heteroatoms. The number of carbonyl (C=O) groups excluding carboxylic acids is 1. The topological polar surface area (TPSA) is 53.3 Å². The fraction of sp³-hybridized carbons (Fsp3) is 0.417. The first kappa shape index (κ1) is 25.1. The zero-order valence-corrected chi connectivity index (χ0v) is 19.6. The zero-order chi connectivity index (χ0) is 24.0. The van der Waals surface area contributed by atoms with Crippen LogP contribution in [0.15, 0.2) is 47.6 Å². The van der Waals surface area contributed by atoms with Crippen molar-refractivity contribution < 1.29 is 27.4 Å². The first-order valence-electron chi connectivity index (χ1n) is 10.8. The highest BCUT2D eigenvalue weighted by Gasteiger charge is 2.30. The lowest BCUT2D eigenvalue weighted by atomic mass is 10.1. The number of fused-ring (bicyclic) bond motifs is 1. The van der Waals surface area contributed by atoms with Crippen LogP contribution in [0, 0.1) is 0 Å². The van der Waals surface area contributed by atoms with Gasteiger partial charge < -0.3 is 14.0 Å². The van der Waals surface area contributed by atoms with Crippen molar-refractivity contribution in [2.75, 3.05) is 13.2 Å². The van der Waals surface area contributed by atoms with Crippen molar-refractivity contribution >= 4 is 28.8 Å². The second-order valence-corrected chi connectivity index (χ2v) is 8.67. The van der Waals surface area contributed by atoms with Gasteiger partial charge in [-0.25, -0.2) is 9.78 Å². The first-order chi connectivity index (χ1) is 15.7. The lowest BCUT2D eigenvalue weighted by molar-refractivity contribution is -0.137. The standard InChI is InChI=1S/C24H27F3N2O3S/c1-4-31-22(30)18-9-10-21-20(14-18)28-23(29(21)11-6-12-32-16(2)3)33-15-17-7-5-8-19(13-17)24(25,26)27/h5,7-10,13-14,16H,4,6,11-12,15H2,1-3H3. The van der Waals surface area contributed by atoms with Crippen LogP contribution in [0.3, 0.4) is 0 Å². The van der Waals surface area contributed by atoms with Gasteiger partial charge in [0.05, 0.1) is 34.9 Å². The number of rotatable bonds is 10. The highest BCUT2D eigenvalue weighted by atomic mass is 32.2. The summed E-state index contributed by atoms with van der Waals surface area (Å²) < 4.78 is 51.9. The Morgan fingerprint density at radius 3 is 2.67 bits per heavy atom. The number of aromatic nitrogens is 2. The van der Waals surface area contributed by atoms with Crippen molar-refractivity contribution in [3.05, 3.63) is 59.2 Å². The summed E-state index contributed by atoms with van der Waals surface area (Å²) >= 11 is 1.36. The van der Waals surface area contributed by atoms with Crippen molar-refractivity contribution in [2.45, 2.75) is 56.9 Å². The molecule has 0 amide bonds. The Hall–Kier alpha value is -2.52. The van der Waals surface area contributed by atoms with Crippen LogP contribution in [0.4, 0.5) is 13.2 Å². The van der Waals surface area contributed by atoms with Crippen molar-refractivity contribution in [1.82, 2.24) is 9.55 Å². The molecule has 0 saturated carbocycles. The van der Waals surface area contributed by atoms with Crippen molar-refractivity contribution in [3.8, 4) is 0 Å². The van der Waals surface area contributed by atoms with Gasteiger partial charge in [0, 0.05) is 18.9 Å². The Bertz CT molecular complexity index is 1100. The lowest BCUT2D eigenvalue weighted by Crippen LogP contribution is -2.08. The number of thioether (sulfide) groups is 1. The van der Waals surface area contributed by atoms with Crippen LogP contribution in [0.25, 0.3) is 11.0 Å². The van der Waals surface area contributed by atoms with E-state index < -0.39 is 17.7 Å². The molecule has 0 fully saturated rings. The summed E-state index contributed by atoms with van der Waals surface area (Å²) in [5.74, 6) is -0.0852. The number of aryl methyl sites for hydroxylation is 1. The summed E-state index contributed by atoms with van der Waals surface area (Å²) in [5, 5.41) is 0.674. The van der Waals surface area contributed by atoms with Crippen LogP contribution in [0.2, 0.25) is 0 Å². The highest BCUT2D eigenvalue weighted by Crippen LogP contribution is 2.32. The molecule has 0 unspecified atom stereocenters. The van der Waals surface area contributed by atoms with E-state index in [0.717, 1.165) is 24.1 Å². The minimum atomic E-state index is -4.38. The summed E-state index contributed by atoms with van der Waals surface area (Å²) in [5.41, 5.74) is 1.78. The van der Waals surface area contributed by atoms with E-state index in [2.05, 4.69) is 4.98 Å². The van der Waals surface area contributed by atoms with E-state index in [1.807, 2.05) is 24.5 Å². The number of ether oxygens (including phenoxy) is 2. The molecule has 178 valence electrons. The molecule has 0 aliphatic carbocycles. The van der Waals surface area contributed by atoms with E-state index in [4.69, 9.17) is 9.47 Å². The third-order valence-electron chi connectivity index (χ3n) is 4.82. The zero-order valence-electron chi connectivity index (χ0n) is 18.8. The minimum absolute atomic E-state index is 0.131. The Morgan fingerprint density at radius 1 is 1.18 bits per heavy atom. The monoisotopic (exact) mass is 480 g/mol. The summed E-state index contributed by atoms with van der Waals surface area (Å²) in [7, 11) is 0. The summed E-state index contributed by atoms with van der Waals surface area (Å²) in [4.78, 5) is 16.8. The largest absolute Gasteiger partial charge is 0.462 e. The molecule has 1 heterocycles. The number of carbonyl (C=O) groups is 1. The van der Waals surface area contributed by atoms with Gasteiger partial charge in [0.25, 0.3) is 0 Å². The molecule has 0 radical (unpaired) electrons. The molecule has 0 aliphatic heterocycles. The Balaban J connectivity index is 1.86. The number of hydrogen-bond acceptors (Lipinski definition) is 5. The van der Waals surface area contributed by atoms with E-state index >= 15 is 0 Å². The average molecular weight is 481 g/mol. The van der Waals surface area contributed by atoms with Gasteiger partial charge in [-0.05, 0) is 57.0 Å².